The van der Waals surface area contributed by atoms with Crippen LogP contribution in [0.3, 0.4) is 0 Å². The van der Waals surface area contributed by atoms with Crippen molar-refractivity contribution in [2.24, 2.45) is 0 Å². The van der Waals surface area contributed by atoms with Crippen LogP contribution in [0.4, 0.5) is 11.4 Å². The Hall–Kier alpha value is -2.59. The summed E-state index contributed by atoms with van der Waals surface area (Å²) < 4.78 is 0. The number of amides is 1. The maximum Gasteiger partial charge on any atom is 0.257 e. The minimum absolute atomic E-state index is 0.276. The van der Waals surface area contributed by atoms with E-state index in [0.717, 1.165) is 10.8 Å². The second kappa shape index (κ2) is 5.42. The van der Waals surface area contributed by atoms with E-state index >= 15 is 0 Å². The monoisotopic (exact) mass is 297 g/mol. The van der Waals surface area contributed by atoms with E-state index in [0.29, 0.717) is 16.3 Å². The van der Waals surface area contributed by atoms with Gasteiger partial charge in [0.25, 0.3) is 5.91 Å². The molecule has 0 fully saturated rings. The standard InChI is InChI=1S/C16H12ClN3O/c17-13-5-2-4-12(15(13)18)16(21)20-14-6-1-3-10-9-19-8-7-11(10)14/h1-9H,18H2,(H,20,21). The first-order valence-corrected chi connectivity index (χ1v) is 6.72. The van der Waals surface area contributed by atoms with Crippen molar-refractivity contribution in [3.05, 3.63) is 65.4 Å². The van der Waals surface area contributed by atoms with Gasteiger partial charge >= 0.3 is 0 Å². The summed E-state index contributed by atoms with van der Waals surface area (Å²) in [5.41, 5.74) is 7.19. The Balaban J connectivity index is 1.99. The van der Waals surface area contributed by atoms with Crippen molar-refractivity contribution in [2.45, 2.75) is 0 Å². The van der Waals surface area contributed by atoms with Gasteiger partial charge in [0.05, 0.1) is 16.3 Å². The molecule has 0 aliphatic rings. The van der Waals surface area contributed by atoms with E-state index in [4.69, 9.17) is 17.3 Å². The number of fused-ring (bicyclic) bond motifs is 1. The molecule has 3 aromatic rings. The molecule has 1 amide bonds. The first kappa shape index (κ1) is 13.4. The number of rotatable bonds is 2. The van der Waals surface area contributed by atoms with Crippen molar-refractivity contribution in [1.29, 1.82) is 0 Å². The predicted molar refractivity (Wildman–Crippen MR) is 85.6 cm³/mol. The van der Waals surface area contributed by atoms with Gasteiger partial charge in [-0.2, -0.15) is 0 Å². The Kier molecular flexibility index (Phi) is 3.46. The molecule has 3 N–H and O–H groups in total. The van der Waals surface area contributed by atoms with Crippen LogP contribution in [0.2, 0.25) is 5.02 Å². The molecule has 0 aliphatic heterocycles. The fourth-order valence-electron chi connectivity index (χ4n) is 2.16. The molecule has 2 aromatic carbocycles. The highest BCUT2D eigenvalue weighted by molar-refractivity contribution is 6.34. The van der Waals surface area contributed by atoms with E-state index in [1.54, 1.807) is 30.6 Å². The summed E-state index contributed by atoms with van der Waals surface area (Å²) in [7, 11) is 0. The average molecular weight is 298 g/mol. The van der Waals surface area contributed by atoms with Crippen molar-refractivity contribution in [2.75, 3.05) is 11.1 Å². The Morgan fingerprint density at radius 1 is 1.14 bits per heavy atom. The predicted octanol–water partition coefficient (Wildman–Crippen LogP) is 3.72. The van der Waals surface area contributed by atoms with Crippen molar-refractivity contribution in [3.8, 4) is 0 Å². The molecule has 0 bridgehead atoms. The van der Waals surface area contributed by atoms with E-state index in [-0.39, 0.29) is 11.6 Å². The topological polar surface area (TPSA) is 68.0 Å². The number of nitrogens with one attached hydrogen (secondary N) is 1. The molecule has 5 heteroatoms. The molecule has 0 saturated heterocycles. The highest BCUT2D eigenvalue weighted by Crippen LogP contribution is 2.26. The van der Waals surface area contributed by atoms with Crippen LogP contribution >= 0.6 is 11.6 Å². The van der Waals surface area contributed by atoms with Gasteiger partial charge < -0.3 is 11.1 Å². The summed E-state index contributed by atoms with van der Waals surface area (Å²) in [5.74, 6) is -0.292. The van der Waals surface area contributed by atoms with E-state index in [1.165, 1.54) is 0 Å². The van der Waals surface area contributed by atoms with E-state index < -0.39 is 0 Å². The van der Waals surface area contributed by atoms with E-state index in [9.17, 15) is 4.79 Å². The van der Waals surface area contributed by atoms with Gasteiger partial charge in [-0.1, -0.05) is 29.8 Å². The zero-order valence-electron chi connectivity index (χ0n) is 11.0. The van der Waals surface area contributed by atoms with Gasteiger partial charge in [-0.05, 0) is 24.3 Å². The Morgan fingerprint density at radius 3 is 2.81 bits per heavy atom. The SMILES string of the molecule is Nc1c(Cl)cccc1C(=O)Nc1cccc2cnccc12. The van der Waals surface area contributed by atoms with Crippen molar-refractivity contribution < 1.29 is 4.79 Å². The Morgan fingerprint density at radius 2 is 1.95 bits per heavy atom. The number of anilines is 2. The van der Waals surface area contributed by atoms with Gasteiger partial charge in [-0.15, -0.1) is 0 Å². The molecule has 0 spiro atoms. The lowest BCUT2D eigenvalue weighted by Gasteiger charge is -2.10. The highest BCUT2D eigenvalue weighted by Gasteiger charge is 2.13. The second-order valence-electron chi connectivity index (χ2n) is 4.56. The molecular weight excluding hydrogens is 286 g/mol. The Bertz CT molecular complexity index is 827. The molecule has 1 heterocycles. The van der Waals surface area contributed by atoms with Crippen LogP contribution in [0, 0.1) is 0 Å². The summed E-state index contributed by atoms with van der Waals surface area (Å²) in [6, 6.07) is 12.5. The minimum atomic E-state index is -0.292. The number of nitrogen functional groups attached to an aromatic ring is 1. The zero-order chi connectivity index (χ0) is 14.8. The Labute approximate surface area is 126 Å². The van der Waals surface area contributed by atoms with Crippen LogP contribution in [0.1, 0.15) is 10.4 Å². The number of nitrogens with zero attached hydrogens (tertiary/aromatic N) is 1. The molecule has 0 unspecified atom stereocenters. The molecule has 0 aliphatic carbocycles. The number of benzene rings is 2. The average Bonchev–Trinajstić information content (AvgIpc) is 2.50. The lowest BCUT2D eigenvalue weighted by Crippen LogP contribution is -2.14. The number of carbonyl (C=O) groups is 1. The lowest BCUT2D eigenvalue weighted by atomic mass is 10.1. The van der Waals surface area contributed by atoms with Gasteiger partial charge in [-0.25, -0.2) is 0 Å². The smallest absolute Gasteiger partial charge is 0.257 e. The van der Waals surface area contributed by atoms with Crippen LogP contribution in [0.5, 0.6) is 0 Å². The molecule has 1 aromatic heterocycles. The summed E-state index contributed by atoms with van der Waals surface area (Å²) in [5, 5.41) is 5.10. The van der Waals surface area contributed by atoms with Crippen LogP contribution in [0.15, 0.2) is 54.9 Å². The maximum absolute atomic E-state index is 12.4. The third kappa shape index (κ3) is 2.53. The number of aromatic nitrogens is 1. The van der Waals surface area contributed by atoms with Crippen LogP contribution in [0.25, 0.3) is 10.8 Å². The fraction of sp³-hybridized carbons (Fsp3) is 0. The second-order valence-corrected chi connectivity index (χ2v) is 4.96. The lowest BCUT2D eigenvalue weighted by molar-refractivity contribution is 0.102. The number of pyridine rings is 1. The third-order valence-electron chi connectivity index (χ3n) is 3.23. The molecule has 3 rings (SSSR count). The maximum atomic E-state index is 12.4. The van der Waals surface area contributed by atoms with Gasteiger partial charge in [0.2, 0.25) is 0 Å². The number of nitrogens with two attached hydrogens (primary N) is 1. The number of carbonyl (C=O) groups excluding carboxylic acids is 1. The number of hydrogen-bond acceptors (Lipinski definition) is 3. The molecule has 21 heavy (non-hydrogen) atoms. The van der Waals surface area contributed by atoms with Crippen molar-refractivity contribution in [1.82, 2.24) is 4.98 Å². The van der Waals surface area contributed by atoms with Gasteiger partial charge in [0, 0.05) is 28.9 Å². The minimum Gasteiger partial charge on any atom is -0.397 e. The normalized spacial score (nSPS) is 10.5. The van der Waals surface area contributed by atoms with Gasteiger partial charge in [0.1, 0.15) is 0 Å². The molecule has 0 saturated carbocycles. The quantitative estimate of drug-likeness (QED) is 0.708. The largest absolute Gasteiger partial charge is 0.397 e. The molecule has 4 nitrogen and oxygen atoms in total. The van der Waals surface area contributed by atoms with E-state index in [2.05, 4.69) is 10.3 Å². The first-order valence-electron chi connectivity index (χ1n) is 6.35. The molecular formula is C16H12ClN3O. The first-order chi connectivity index (χ1) is 10.2. The third-order valence-corrected chi connectivity index (χ3v) is 3.56. The van der Waals surface area contributed by atoms with Crippen molar-refractivity contribution in [3.63, 3.8) is 0 Å². The van der Waals surface area contributed by atoms with Crippen LogP contribution in [-0.4, -0.2) is 10.9 Å². The summed E-state index contributed by atoms with van der Waals surface area (Å²) in [4.78, 5) is 16.4. The number of halogens is 1. The van der Waals surface area contributed by atoms with Crippen LogP contribution in [-0.2, 0) is 0 Å². The van der Waals surface area contributed by atoms with Crippen LogP contribution < -0.4 is 11.1 Å². The molecule has 0 radical (unpaired) electrons. The fourth-order valence-corrected chi connectivity index (χ4v) is 2.33. The number of hydrogen-bond donors (Lipinski definition) is 2. The van der Waals surface area contributed by atoms with E-state index in [1.807, 2.05) is 24.3 Å². The summed E-state index contributed by atoms with van der Waals surface area (Å²) in [6.45, 7) is 0. The molecule has 0 atom stereocenters. The summed E-state index contributed by atoms with van der Waals surface area (Å²) in [6.07, 6.45) is 3.43. The zero-order valence-corrected chi connectivity index (χ0v) is 11.8. The van der Waals surface area contributed by atoms with Gasteiger partial charge in [0.15, 0.2) is 0 Å². The highest BCUT2D eigenvalue weighted by atomic mass is 35.5. The molecule has 104 valence electrons. The summed E-state index contributed by atoms with van der Waals surface area (Å²) >= 11 is 5.94. The van der Waals surface area contributed by atoms with Crippen molar-refractivity contribution >= 4 is 39.7 Å². The van der Waals surface area contributed by atoms with Gasteiger partial charge in [-0.3, -0.25) is 9.78 Å². The number of para-hydroxylation sites is 1.